The summed E-state index contributed by atoms with van der Waals surface area (Å²) in [5.41, 5.74) is 2.78. The minimum atomic E-state index is -0.777. The highest BCUT2D eigenvalue weighted by Crippen LogP contribution is 2.24. The molecular weight excluding hydrogens is 347 g/mol. The van der Waals surface area contributed by atoms with Crippen LogP contribution in [0, 0.1) is 5.92 Å². The molecule has 0 bridgehead atoms. The number of aliphatic carboxylic acids is 1. The Hall–Kier alpha value is -1.52. The molecule has 0 aliphatic rings. The number of aromatic nitrogens is 2. The topological polar surface area (TPSA) is 55.1 Å². The van der Waals surface area contributed by atoms with E-state index in [9.17, 15) is 9.90 Å². The molecule has 0 aliphatic heterocycles. The van der Waals surface area contributed by atoms with Crippen molar-refractivity contribution in [2.75, 3.05) is 0 Å². The maximum absolute atomic E-state index is 11.4. The predicted octanol–water partition coefficient (Wildman–Crippen LogP) is 5.01. The number of carboxylic acids is 1. The summed E-state index contributed by atoms with van der Waals surface area (Å²) in [4.78, 5) is 11.4. The van der Waals surface area contributed by atoms with E-state index in [-0.39, 0.29) is 5.92 Å². The van der Waals surface area contributed by atoms with Crippen LogP contribution in [0.4, 0.5) is 0 Å². The van der Waals surface area contributed by atoms with Gasteiger partial charge in [-0.25, -0.2) is 0 Å². The molecule has 0 fully saturated rings. The van der Waals surface area contributed by atoms with Crippen molar-refractivity contribution in [1.82, 2.24) is 9.78 Å². The van der Waals surface area contributed by atoms with E-state index in [2.05, 4.69) is 18.9 Å². The van der Waals surface area contributed by atoms with Gasteiger partial charge in [-0.05, 0) is 36.1 Å². The van der Waals surface area contributed by atoms with Crippen LogP contribution >= 0.6 is 23.2 Å². The third-order valence-corrected chi connectivity index (χ3v) is 4.69. The zero-order valence-corrected chi connectivity index (χ0v) is 15.6. The lowest BCUT2D eigenvalue weighted by atomic mass is 9.99. The summed E-state index contributed by atoms with van der Waals surface area (Å²) < 4.78 is 1.86. The first-order chi connectivity index (χ1) is 11.3. The van der Waals surface area contributed by atoms with Crippen LogP contribution in [0.1, 0.15) is 50.1 Å². The number of rotatable bonds is 7. The van der Waals surface area contributed by atoms with Gasteiger partial charge in [0.1, 0.15) is 0 Å². The third-order valence-electron chi connectivity index (χ3n) is 4.11. The Bertz CT molecular complexity index is 726. The number of hydrogen-bond donors (Lipinski definition) is 1. The SMILES string of the molecule is CCC(Cc1cc(C(C)C)nn1Cc1ccc(Cl)cc1Cl)C(=O)O. The highest BCUT2D eigenvalue weighted by Gasteiger charge is 2.20. The Morgan fingerprint density at radius 1 is 1.29 bits per heavy atom. The molecule has 1 N–H and O–H groups in total. The van der Waals surface area contributed by atoms with Crippen LogP contribution in [-0.2, 0) is 17.8 Å². The van der Waals surface area contributed by atoms with Crippen LogP contribution < -0.4 is 0 Å². The normalized spacial score (nSPS) is 12.6. The summed E-state index contributed by atoms with van der Waals surface area (Å²) in [6.07, 6.45) is 1.04. The molecule has 0 radical (unpaired) electrons. The van der Waals surface area contributed by atoms with E-state index in [0.29, 0.717) is 29.4 Å². The zero-order chi connectivity index (χ0) is 17.9. The summed E-state index contributed by atoms with van der Waals surface area (Å²) in [5, 5.41) is 15.2. The number of halogens is 2. The quantitative estimate of drug-likeness (QED) is 0.746. The van der Waals surface area contributed by atoms with E-state index >= 15 is 0 Å². The lowest BCUT2D eigenvalue weighted by Crippen LogP contribution is -2.18. The molecular formula is C18H22Cl2N2O2. The zero-order valence-electron chi connectivity index (χ0n) is 14.1. The molecule has 0 saturated heterocycles. The lowest BCUT2D eigenvalue weighted by Gasteiger charge is -2.13. The summed E-state index contributed by atoms with van der Waals surface area (Å²) in [7, 11) is 0. The van der Waals surface area contributed by atoms with Gasteiger partial charge in [0.05, 0.1) is 18.2 Å². The minimum Gasteiger partial charge on any atom is -0.481 e. The maximum atomic E-state index is 11.4. The second-order valence-electron chi connectivity index (χ2n) is 6.26. The van der Waals surface area contributed by atoms with Crippen molar-refractivity contribution >= 4 is 29.2 Å². The van der Waals surface area contributed by atoms with Crippen molar-refractivity contribution < 1.29 is 9.90 Å². The van der Waals surface area contributed by atoms with Crippen molar-refractivity contribution in [3.8, 4) is 0 Å². The lowest BCUT2D eigenvalue weighted by molar-refractivity contribution is -0.141. The van der Waals surface area contributed by atoms with E-state index in [0.717, 1.165) is 17.0 Å². The van der Waals surface area contributed by atoms with Crippen LogP contribution in [0.25, 0.3) is 0 Å². The molecule has 4 nitrogen and oxygen atoms in total. The Morgan fingerprint density at radius 3 is 2.54 bits per heavy atom. The van der Waals surface area contributed by atoms with Gasteiger partial charge in [-0.2, -0.15) is 5.10 Å². The molecule has 1 unspecified atom stereocenters. The van der Waals surface area contributed by atoms with Crippen LogP contribution in [-0.4, -0.2) is 20.9 Å². The molecule has 24 heavy (non-hydrogen) atoms. The van der Waals surface area contributed by atoms with Gasteiger partial charge in [0.15, 0.2) is 0 Å². The first-order valence-corrected chi connectivity index (χ1v) is 8.80. The van der Waals surface area contributed by atoms with Gasteiger partial charge in [0, 0.05) is 22.2 Å². The Labute approximate surface area is 152 Å². The van der Waals surface area contributed by atoms with Crippen molar-refractivity contribution in [3.05, 3.63) is 51.3 Å². The van der Waals surface area contributed by atoms with Crippen molar-refractivity contribution in [2.45, 2.75) is 46.1 Å². The second kappa shape index (κ2) is 8.04. The largest absolute Gasteiger partial charge is 0.481 e. The van der Waals surface area contributed by atoms with Crippen LogP contribution in [0.5, 0.6) is 0 Å². The Balaban J connectivity index is 2.34. The molecule has 0 spiro atoms. The molecule has 1 heterocycles. The average molecular weight is 369 g/mol. The van der Waals surface area contributed by atoms with Gasteiger partial charge in [0.2, 0.25) is 0 Å². The molecule has 2 rings (SSSR count). The van der Waals surface area contributed by atoms with Crippen molar-refractivity contribution in [1.29, 1.82) is 0 Å². The predicted molar refractivity (Wildman–Crippen MR) is 97.0 cm³/mol. The van der Waals surface area contributed by atoms with Gasteiger partial charge >= 0.3 is 5.97 Å². The summed E-state index contributed by atoms with van der Waals surface area (Å²) in [5.74, 6) is -0.919. The van der Waals surface area contributed by atoms with Gasteiger partial charge in [-0.15, -0.1) is 0 Å². The number of nitrogens with zero attached hydrogens (tertiary/aromatic N) is 2. The molecule has 1 atom stereocenters. The van der Waals surface area contributed by atoms with Gasteiger partial charge in [0.25, 0.3) is 0 Å². The molecule has 2 aromatic rings. The summed E-state index contributed by atoms with van der Waals surface area (Å²) in [6.45, 7) is 6.52. The van der Waals surface area contributed by atoms with Crippen molar-refractivity contribution in [2.24, 2.45) is 5.92 Å². The Morgan fingerprint density at radius 2 is 2.00 bits per heavy atom. The van der Waals surface area contributed by atoms with E-state index in [1.165, 1.54) is 0 Å². The first kappa shape index (κ1) is 18.8. The molecule has 1 aromatic heterocycles. The highest BCUT2D eigenvalue weighted by atomic mass is 35.5. The number of benzene rings is 1. The molecule has 1 aromatic carbocycles. The monoisotopic (exact) mass is 368 g/mol. The minimum absolute atomic E-state index is 0.274. The van der Waals surface area contributed by atoms with Crippen LogP contribution in [0.15, 0.2) is 24.3 Å². The summed E-state index contributed by atoms with van der Waals surface area (Å²) >= 11 is 12.2. The average Bonchev–Trinajstić information content (AvgIpc) is 2.90. The fraction of sp³-hybridized carbons (Fsp3) is 0.444. The summed E-state index contributed by atoms with van der Waals surface area (Å²) in [6, 6.07) is 7.37. The number of carbonyl (C=O) groups is 1. The number of carboxylic acid groups (broad SMARTS) is 1. The standard InChI is InChI=1S/C18H22Cl2N2O2/c1-4-12(18(23)24)7-15-9-17(11(2)3)21-22(15)10-13-5-6-14(19)8-16(13)20/h5-6,8-9,11-12H,4,7,10H2,1-3H3,(H,23,24). The molecule has 130 valence electrons. The van der Waals surface area contributed by atoms with Crippen molar-refractivity contribution in [3.63, 3.8) is 0 Å². The Kier molecular flexibility index (Phi) is 6.30. The third kappa shape index (κ3) is 4.52. The molecule has 0 saturated carbocycles. The van der Waals surface area contributed by atoms with Gasteiger partial charge < -0.3 is 5.11 Å². The molecule has 0 amide bonds. The fourth-order valence-electron chi connectivity index (χ4n) is 2.53. The smallest absolute Gasteiger partial charge is 0.306 e. The van der Waals surface area contributed by atoms with E-state index in [1.54, 1.807) is 12.1 Å². The maximum Gasteiger partial charge on any atom is 0.306 e. The molecule has 0 aliphatic carbocycles. The van der Waals surface area contributed by atoms with Gasteiger partial charge in [-0.3, -0.25) is 9.48 Å². The molecule has 6 heteroatoms. The van der Waals surface area contributed by atoms with E-state index in [4.69, 9.17) is 23.2 Å². The fourth-order valence-corrected chi connectivity index (χ4v) is 3.00. The van der Waals surface area contributed by atoms with E-state index in [1.807, 2.05) is 23.7 Å². The highest BCUT2D eigenvalue weighted by molar-refractivity contribution is 6.35. The van der Waals surface area contributed by atoms with Gasteiger partial charge in [-0.1, -0.05) is 50.0 Å². The second-order valence-corrected chi connectivity index (χ2v) is 7.10. The van der Waals surface area contributed by atoms with Crippen LogP contribution in [0.3, 0.4) is 0 Å². The van der Waals surface area contributed by atoms with Crippen LogP contribution in [0.2, 0.25) is 10.0 Å². The number of hydrogen-bond acceptors (Lipinski definition) is 2. The first-order valence-electron chi connectivity index (χ1n) is 8.05. The van der Waals surface area contributed by atoms with E-state index < -0.39 is 11.9 Å².